The van der Waals surface area contributed by atoms with E-state index in [4.69, 9.17) is 0 Å². The highest BCUT2D eigenvalue weighted by atomic mass is 15.0. The maximum absolute atomic E-state index is 4.59. The van der Waals surface area contributed by atoms with Crippen molar-refractivity contribution in [3.8, 4) is 0 Å². The maximum atomic E-state index is 4.59. The van der Waals surface area contributed by atoms with Gasteiger partial charge in [0.05, 0.1) is 11.1 Å². The molecule has 138 valence electrons. The summed E-state index contributed by atoms with van der Waals surface area (Å²) < 4.78 is 0. The van der Waals surface area contributed by atoms with E-state index in [1.54, 1.807) is 5.57 Å². The standard InChI is InChI=1S/C22H40N2/c1-14-10-11-22(24-7)16(3)8-9-18-15(2)12-17(19(14)20(18)22)13-21(4,5)23-6/h15-20H,1,6-13,23-24H2,2-5H3. The predicted molar refractivity (Wildman–Crippen MR) is 101 cm³/mol. The Hall–Kier alpha value is -0.340. The third-order valence-electron chi connectivity index (χ3n) is 8.30. The van der Waals surface area contributed by atoms with Gasteiger partial charge >= 0.3 is 0 Å². The molecule has 0 bridgehead atoms. The van der Waals surface area contributed by atoms with Crippen LogP contribution in [0.25, 0.3) is 0 Å². The number of hydrogen-bond acceptors (Lipinski definition) is 0. The van der Waals surface area contributed by atoms with Crippen LogP contribution in [0.3, 0.4) is 0 Å². The molecule has 0 aromatic carbocycles. The fourth-order valence-electron chi connectivity index (χ4n) is 6.90. The van der Waals surface area contributed by atoms with Crippen LogP contribution < -0.4 is 10.6 Å². The van der Waals surface area contributed by atoms with Crippen LogP contribution in [0.2, 0.25) is 0 Å². The smallest absolute Gasteiger partial charge is 0.0789 e. The van der Waals surface area contributed by atoms with E-state index in [0.29, 0.717) is 11.5 Å². The first-order valence-electron chi connectivity index (χ1n) is 10.2. The molecule has 2 heteroatoms. The van der Waals surface area contributed by atoms with E-state index in [-0.39, 0.29) is 5.54 Å². The summed E-state index contributed by atoms with van der Waals surface area (Å²) in [5.41, 5.74) is 2.14. The Morgan fingerprint density at radius 1 is 1.25 bits per heavy atom. The fraction of sp³-hybridized carbons (Fsp3) is 0.818. The Kier molecular flexibility index (Phi) is 4.94. The Labute approximate surface area is 150 Å². The van der Waals surface area contributed by atoms with Crippen molar-refractivity contribution in [2.24, 2.45) is 35.5 Å². The number of hydrogen-bond donors (Lipinski definition) is 2. The zero-order chi connectivity index (χ0) is 17.7. The van der Waals surface area contributed by atoms with Gasteiger partial charge in [0, 0.05) is 24.7 Å². The minimum atomic E-state index is 0.228. The van der Waals surface area contributed by atoms with Gasteiger partial charge in [-0.05, 0) is 63.2 Å². The summed E-state index contributed by atoms with van der Waals surface area (Å²) in [7, 11) is 8.46. The predicted octanol–water partition coefficient (Wildman–Crippen LogP) is 2.89. The van der Waals surface area contributed by atoms with Crippen LogP contribution in [0.15, 0.2) is 12.2 Å². The lowest BCUT2D eigenvalue weighted by Gasteiger charge is -2.62. The molecule has 3 aliphatic rings. The van der Waals surface area contributed by atoms with E-state index in [1.165, 1.54) is 38.5 Å². The fourth-order valence-corrected chi connectivity index (χ4v) is 6.90. The monoisotopic (exact) mass is 332 g/mol. The van der Waals surface area contributed by atoms with Crippen molar-refractivity contribution >= 4 is 0 Å². The van der Waals surface area contributed by atoms with Crippen LogP contribution in [-0.2, 0) is 0 Å². The third-order valence-corrected chi connectivity index (χ3v) is 8.30. The highest BCUT2D eigenvalue weighted by Gasteiger charge is 2.60. The summed E-state index contributed by atoms with van der Waals surface area (Å²) in [5, 5.41) is 4.54. The molecule has 0 amide bonds. The normalized spacial score (nSPS) is 45.8. The first-order valence-corrected chi connectivity index (χ1v) is 10.2. The molecular formula is C22H40N2. The molecule has 0 spiro atoms. The molecule has 0 aromatic rings. The van der Waals surface area contributed by atoms with Crippen molar-refractivity contribution < 1.29 is 10.6 Å². The van der Waals surface area contributed by atoms with Crippen LogP contribution in [0.1, 0.15) is 66.2 Å². The second-order valence-electron chi connectivity index (χ2n) is 10.0. The summed E-state index contributed by atoms with van der Waals surface area (Å²) in [6.45, 7) is 14.3. The second kappa shape index (κ2) is 6.43. The van der Waals surface area contributed by atoms with Gasteiger partial charge in [-0.15, -0.1) is 0 Å². The molecule has 0 aliphatic heterocycles. The first-order chi connectivity index (χ1) is 11.3. The van der Waals surface area contributed by atoms with E-state index in [1.807, 2.05) is 0 Å². The van der Waals surface area contributed by atoms with E-state index < -0.39 is 0 Å². The largest absolute Gasteiger partial charge is 0.474 e. The van der Waals surface area contributed by atoms with E-state index in [9.17, 15) is 0 Å². The number of allylic oxidation sites excluding steroid dienone is 1. The number of rotatable bonds is 4. The van der Waals surface area contributed by atoms with Crippen molar-refractivity contribution in [1.29, 1.82) is 0 Å². The molecule has 3 aliphatic carbocycles. The van der Waals surface area contributed by atoms with Crippen molar-refractivity contribution in [2.75, 3.05) is 0 Å². The molecule has 7 unspecified atom stereocenters. The van der Waals surface area contributed by atoms with Crippen molar-refractivity contribution in [3.63, 3.8) is 0 Å². The van der Waals surface area contributed by atoms with Gasteiger partial charge in [-0.1, -0.05) is 26.0 Å². The van der Waals surface area contributed by atoms with Gasteiger partial charge in [0.2, 0.25) is 0 Å². The Morgan fingerprint density at radius 3 is 2.58 bits per heavy atom. The van der Waals surface area contributed by atoms with Crippen LogP contribution in [-0.4, -0.2) is 11.1 Å². The SMILES string of the molecule is C=C1CCC2([NH2+][CH2-])C(C)CCC3C(C)CC(CC(C)(C)[NH2+][CH2-])C1C32. The van der Waals surface area contributed by atoms with Gasteiger partial charge in [-0.2, -0.15) is 14.1 Å². The molecule has 7 atom stereocenters. The Balaban J connectivity index is 1.99. The summed E-state index contributed by atoms with van der Waals surface area (Å²) in [6.07, 6.45) is 7.95. The Morgan fingerprint density at radius 2 is 1.96 bits per heavy atom. The molecule has 3 rings (SSSR count). The van der Waals surface area contributed by atoms with Gasteiger partial charge in [-0.3, -0.25) is 0 Å². The molecule has 0 radical (unpaired) electrons. The molecule has 4 N–H and O–H groups in total. The van der Waals surface area contributed by atoms with Crippen molar-refractivity contribution in [1.82, 2.24) is 0 Å². The minimum absolute atomic E-state index is 0.228. The van der Waals surface area contributed by atoms with Gasteiger partial charge in [-0.25, -0.2) is 0 Å². The molecular weight excluding hydrogens is 292 g/mol. The van der Waals surface area contributed by atoms with Crippen LogP contribution >= 0.6 is 0 Å². The van der Waals surface area contributed by atoms with E-state index >= 15 is 0 Å². The molecule has 0 heterocycles. The number of quaternary nitrogens is 2. The maximum Gasteiger partial charge on any atom is 0.0789 e. The van der Waals surface area contributed by atoms with E-state index in [0.717, 1.165) is 29.6 Å². The molecule has 24 heavy (non-hydrogen) atoms. The molecule has 0 aromatic heterocycles. The lowest BCUT2D eigenvalue weighted by atomic mass is 9.44. The van der Waals surface area contributed by atoms with Crippen LogP contribution in [0.4, 0.5) is 0 Å². The quantitative estimate of drug-likeness (QED) is 0.586. The van der Waals surface area contributed by atoms with Gasteiger partial charge < -0.3 is 10.6 Å². The summed E-state index contributed by atoms with van der Waals surface area (Å²) in [4.78, 5) is 0. The molecule has 3 saturated carbocycles. The Bertz CT molecular complexity index is 482. The highest BCUT2D eigenvalue weighted by Crippen LogP contribution is 2.60. The summed E-state index contributed by atoms with van der Waals surface area (Å²) in [5.74, 6) is 4.77. The lowest BCUT2D eigenvalue weighted by Crippen LogP contribution is -2.98. The van der Waals surface area contributed by atoms with E-state index in [2.05, 4.69) is 59.0 Å². The zero-order valence-electron chi connectivity index (χ0n) is 16.5. The lowest BCUT2D eigenvalue weighted by molar-refractivity contribution is -0.704. The van der Waals surface area contributed by atoms with Gasteiger partial charge in [0.1, 0.15) is 0 Å². The topological polar surface area (TPSA) is 33.2 Å². The highest BCUT2D eigenvalue weighted by molar-refractivity contribution is 5.20. The molecule has 0 saturated heterocycles. The number of nitrogens with two attached hydrogens (primary N) is 2. The zero-order valence-corrected chi connectivity index (χ0v) is 16.5. The van der Waals surface area contributed by atoms with Crippen molar-refractivity contribution in [3.05, 3.63) is 26.2 Å². The summed E-state index contributed by atoms with van der Waals surface area (Å²) >= 11 is 0. The van der Waals surface area contributed by atoms with Crippen LogP contribution in [0, 0.1) is 49.6 Å². The van der Waals surface area contributed by atoms with Gasteiger partial charge in [0.25, 0.3) is 0 Å². The van der Waals surface area contributed by atoms with Crippen LogP contribution in [0.5, 0.6) is 0 Å². The average molecular weight is 333 g/mol. The first kappa shape index (κ1) is 18.5. The third kappa shape index (κ3) is 2.78. The molecule has 3 fully saturated rings. The summed E-state index contributed by atoms with van der Waals surface area (Å²) in [6, 6.07) is 0. The van der Waals surface area contributed by atoms with Crippen molar-refractivity contribution in [2.45, 2.75) is 77.3 Å². The van der Waals surface area contributed by atoms with Gasteiger partial charge in [0.15, 0.2) is 0 Å². The second-order valence-corrected chi connectivity index (χ2v) is 10.0. The molecule has 2 nitrogen and oxygen atoms in total. The minimum Gasteiger partial charge on any atom is -0.474 e. The average Bonchev–Trinajstić information content (AvgIpc) is 2.54.